The third-order valence-electron chi connectivity index (χ3n) is 12.3. The van der Waals surface area contributed by atoms with Gasteiger partial charge in [0.25, 0.3) is 0 Å². The van der Waals surface area contributed by atoms with Crippen molar-refractivity contribution < 1.29 is 33.6 Å². The van der Waals surface area contributed by atoms with Gasteiger partial charge in [0.1, 0.15) is 13.6 Å². The van der Waals surface area contributed by atoms with Crippen molar-refractivity contribution in [3.05, 3.63) is 0 Å². The van der Waals surface area contributed by atoms with Gasteiger partial charge in [-0.25, -0.2) is 4.79 Å². The molecule has 39 heavy (non-hydrogen) atoms. The smallest absolute Gasteiger partial charge is 0.334 e. The third-order valence-corrected chi connectivity index (χ3v) is 12.3. The van der Waals surface area contributed by atoms with Crippen LogP contribution in [-0.2, 0) is 28.5 Å². The zero-order chi connectivity index (χ0) is 28.5. The maximum absolute atomic E-state index is 12.1. The molecule has 13 atom stereocenters. The molecule has 0 aromatic rings. The van der Waals surface area contributed by atoms with Crippen LogP contribution in [0.4, 0.5) is 0 Å². The molecule has 0 bridgehead atoms. The molecule has 4 unspecified atom stereocenters. The lowest BCUT2D eigenvalue weighted by atomic mass is 9.40. The van der Waals surface area contributed by atoms with Gasteiger partial charge in [-0.15, -0.1) is 0 Å². The molecule has 0 aliphatic heterocycles. The van der Waals surface area contributed by atoms with E-state index in [9.17, 15) is 9.90 Å². The lowest BCUT2D eigenvalue weighted by molar-refractivity contribution is -0.262. The van der Waals surface area contributed by atoms with E-state index in [0.717, 1.165) is 31.6 Å². The Hall–Kier alpha value is -0.730. The number of hydrogen-bond acceptors (Lipinski definition) is 7. The number of carbonyl (C=O) groups excluding carboxylic acids is 1. The Morgan fingerprint density at radius 2 is 1.67 bits per heavy atom. The first-order valence-electron chi connectivity index (χ1n) is 15.5. The average Bonchev–Trinajstić information content (AvgIpc) is 3.28. The largest absolute Gasteiger partial charge is 0.467 e. The van der Waals surface area contributed by atoms with Crippen LogP contribution in [0.15, 0.2) is 0 Å². The summed E-state index contributed by atoms with van der Waals surface area (Å²) >= 11 is 0. The first-order chi connectivity index (χ1) is 18.6. The van der Waals surface area contributed by atoms with E-state index in [1.165, 1.54) is 26.4 Å². The van der Waals surface area contributed by atoms with E-state index in [1.807, 2.05) is 0 Å². The number of aliphatic hydroxyl groups excluding tert-OH is 1. The summed E-state index contributed by atoms with van der Waals surface area (Å²) in [4.78, 5) is 12.1. The number of ether oxygens (including phenoxy) is 5. The highest BCUT2D eigenvalue weighted by Gasteiger charge is 2.68. The van der Waals surface area contributed by atoms with Gasteiger partial charge in [-0.05, 0) is 91.3 Å². The summed E-state index contributed by atoms with van der Waals surface area (Å²) in [7, 11) is 4.77. The molecule has 0 aromatic carbocycles. The highest BCUT2D eigenvalue weighted by atomic mass is 16.7. The van der Waals surface area contributed by atoms with Crippen molar-refractivity contribution in [3.8, 4) is 0 Å². The molecule has 0 saturated heterocycles. The first kappa shape index (κ1) is 31.2. The Morgan fingerprint density at radius 1 is 0.974 bits per heavy atom. The van der Waals surface area contributed by atoms with Crippen LogP contribution in [0, 0.1) is 58.2 Å². The number of esters is 1. The van der Waals surface area contributed by atoms with Gasteiger partial charge in [-0.1, -0.05) is 47.5 Å². The summed E-state index contributed by atoms with van der Waals surface area (Å²) in [6.45, 7) is 12.6. The number of aliphatic hydroxyl groups is 1. The van der Waals surface area contributed by atoms with Gasteiger partial charge < -0.3 is 28.8 Å². The SMILES string of the molecule is CC[C@H]1C(OCOC)C2C3CC[C@H]([C@H](C)C[C@@H](O)C(=O)OC)[C@@]3(C)[C@@H](OCOC)CC2[C@@]2(C)CC[C@@H](C)C[C@@H]12. The van der Waals surface area contributed by atoms with Crippen LogP contribution < -0.4 is 0 Å². The molecule has 0 spiro atoms. The summed E-state index contributed by atoms with van der Waals surface area (Å²) in [6, 6.07) is 0. The van der Waals surface area contributed by atoms with Crippen molar-refractivity contribution in [3.63, 3.8) is 0 Å². The van der Waals surface area contributed by atoms with Gasteiger partial charge >= 0.3 is 5.97 Å². The lowest BCUT2D eigenvalue weighted by Gasteiger charge is -2.66. The Bertz CT molecular complexity index is 820. The standard InChI is InChI=1S/C32H56O7/c1-9-21-24-14-19(2)12-13-31(24,4)25-16-27(38-17-35-6)32(5)22(20(3)15-26(33)30(34)37-8)10-11-23(32)28(25)29(21)39-18-36-7/h19-29,33H,9-18H2,1-8H3/t19-,20-,21-,22-,23?,24+,25?,26-,27+,28?,29?,31+,32-/m1/s1. The van der Waals surface area contributed by atoms with Gasteiger partial charge in [-0.2, -0.15) is 0 Å². The normalized spacial score (nSPS) is 45.1. The van der Waals surface area contributed by atoms with Crippen molar-refractivity contribution in [2.24, 2.45) is 58.2 Å². The number of rotatable bonds is 11. The second kappa shape index (κ2) is 12.6. The van der Waals surface area contributed by atoms with Gasteiger partial charge in [0.15, 0.2) is 6.10 Å². The number of methoxy groups -OCH3 is 3. The predicted molar refractivity (Wildman–Crippen MR) is 150 cm³/mol. The molecular weight excluding hydrogens is 496 g/mol. The second-order valence-electron chi connectivity index (χ2n) is 14.0. The highest BCUT2D eigenvalue weighted by Crippen LogP contribution is 2.70. The second-order valence-corrected chi connectivity index (χ2v) is 14.0. The van der Waals surface area contributed by atoms with Gasteiger partial charge in [-0.3, -0.25) is 0 Å². The fraction of sp³-hybridized carbons (Fsp3) is 0.969. The monoisotopic (exact) mass is 552 g/mol. The molecule has 0 radical (unpaired) electrons. The number of fused-ring (bicyclic) bond motifs is 5. The molecule has 4 saturated carbocycles. The van der Waals surface area contributed by atoms with Crippen LogP contribution in [0.25, 0.3) is 0 Å². The van der Waals surface area contributed by atoms with Crippen LogP contribution in [-0.4, -0.2) is 64.3 Å². The van der Waals surface area contributed by atoms with Gasteiger partial charge in [0.05, 0.1) is 19.3 Å². The molecule has 4 aliphatic rings. The molecule has 4 rings (SSSR count). The minimum atomic E-state index is -1.09. The molecule has 0 aromatic heterocycles. The molecular formula is C32H56O7. The molecule has 226 valence electrons. The van der Waals surface area contributed by atoms with Crippen molar-refractivity contribution in [2.45, 2.75) is 104 Å². The maximum atomic E-state index is 12.1. The molecule has 4 fully saturated rings. The Balaban J connectivity index is 1.74. The minimum Gasteiger partial charge on any atom is -0.467 e. The fourth-order valence-electron chi connectivity index (χ4n) is 10.6. The molecule has 0 amide bonds. The van der Waals surface area contributed by atoms with Gasteiger partial charge in [0.2, 0.25) is 0 Å². The van der Waals surface area contributed by atoms with E-state index >= 15 is 0 Å². The molecule has 1 N–H and O–H groups in total. The summed E-state index contributed by atoms with van der Waals surface area (Å²) in [6.07, 6.45) is 7.72. The Morgan fingerprint density at radius 3 is 2.31 bits per heavy atom. The molecule has 7 nitrogen and oxygen atoms in total. The van der Waals surface area contributed by atoms with Crippen molar-refractivity contribution in [1.82, 2.24) is 0 Å². The van der Waals surface area contributed by atoms with E-state index in [0.29, 0.717) is 48.7 Å². The van der Waals surface area contributed by atoms with Crippen LogP contribution in [0.1, 0.15) is 86.0 Å². The average molecular weight is 553 g/mol. The van der Waals surface area contributed by atoms with Crippen molar-refractivity contribution in [2.75, 3.05) is 34.9 Å². The Labute approximate surface area is 237 Å². The highest BCUT2D eigenvalue weighted by molar-refractivity contribution is 5.74. The topological polar surface area (TPSA) is 83.5 Å². The van der Waals surface area contributed by atoms with Crippen molar-refractivity contribution in [1.29, 1.82) is 0 Å². The van der Waals surface area contributed by atoms with E-state index in [4.69, 9.17) is 23.7 Å². The van der Waals surface area contributed by atoms with E-state index in [-0.39, 0.29) is 35.7 Å². The van der Waals surface area contributed by atoms with Crippen LogP contribution in [0.5, 0.6) is 0 Å². The summed E-state index contributed by atoms with van der Waals surface area (Å²) in [5.74, 6) is 3.25. The fourth-order valence-corrected chi connectivity index (χ4v) is 10.6. The lowest BCUT2D eigenvalue weighted by Crippen LogP contribution is -2.65. The minimum absolute atomic E-state index is 0.0620. The maximum Gasteiger partial charge on any atom is 0.334 e. The van der Waals surface area contributed by atoms with E-state index in [2.05, 4.69) is 34.6 Å². The van der Waals surface area contributed by atoms with Crippen LogP contribution in [0.3, 0.4) is 0 Å². The number of hydrogen-bond donors (Lipinski definition) is 1. The van der Waals surface area contributed by atoms with Crippen LogP contribution in [0.2, 0.25) is 0 Å². The molecule has 4 aliphatic carbocycles. The van der Waals surface area contributed by atoms with Crippen molar-refractivity contribution >= 4 is 5.97 Å². The molecule has 0 heterocycles. The van der Waals surface area contributed by atoms with E-state index < -0.39 is 12.1 Å². The summed E-state index contributed by atoms with van der Waals surface area (Å²) in [5.41, 5.74) is 0.165. The first-order valence-corrected chi connectivity index (χ1v) is 15.5. The summed E-state index contributed by atoms with van der Waals surface area (Å²) < 4.78 is 29.2. The predicted octanol–water partition coefficient (Wildman–Crippen LogP) is 5.68. The zero-order valence-corrected chi connectivity index (χ0v) is 25.8. The summed E-state index contributed by atoms with van der Waals surface area (Å²) in [5, 5.41) is 10.6. The Kier molecular flexibility index (Phi) is 10.1. The van der Waals surface area contributed by atoms with Gasteiger partial charge in [0, 0.05) is 19.6 Å². The quantitative estimate of drug-likeness (QED) is 0.261. The molecule has 7 heteroatoms. The third kappa shape index (κ3) is 5.45. The van der Waals surface area contributed by atoms with Crippen LogP contribution >= 0.6 is 0 Å². The zero-order valence-electron chi connectivity index (χ0n) is 25.8. The number of carbonyl (C=O) groups is 1. The van der Waals surface area contributed by atoms with E-state index in [1.54, 1.807) is 14.2 Å².